The molecule has 0 amide bonds. The fourth-order valence-electron chi connectivity index (χ4n) is 10.4. The number of benzene rings is 10. The molecule has 12 rings (SSSR count). The van der Waals surface area contributed by atoms with Gasteiger partial charge in [-0.05, 0) is 92.0 Å². The molecule has 0 saturated carbocycles. The molecule has 1 aromatic heterocycles. The van der Waals surface area contributed by atoms with E-state index in [4.69, 9.17) is 0 Å². The molecule has 0 aliphatic heterocycles. The summed E-state index contributed by atoms with van der Waals surface area (Å²) >= 11 is 1.87. The maximum atomic E-state index is 2.56. The van der Waals surface area contributed by atoms with Crippen LogP contribution in [-0.2, 0) is 5.41 Å². The average Bonchev–Trinajstić information content (AvgIpc) is 3.90. The van der Waals surface area contributed by atoms with Crippen molar-refractivity contribution in [1.82, 2.24) is 0 Å². The minimum absolute atomic E-state index is 0.544. The Balaban J connectivity index is 1.22. The molecule has 296 valence electrons. The van der Waals surface area contributed by atoms with E-state index in [0.717, 1.165) is 17.1 Å². The zero-order valence-electron chi connectivity index (χ0n) is 34.5. The number of thiophene rings is 1. The predicted octanol–water partition coefficient (Wildman–Crippen LogP) is 16.9. The number of fused-ring (bicyclic) bond motifs is 6. The summed E-state index contributed by atoms with van der Waals surface area (Å²) in [7, 11) is 0. The molecule has 2 heteroatoms. The predicted molar refractivity (Wildman–Crippen MR) is 268 cm³/mol. The summed E-state index contributed by atoms with van der Waals surface area (Å²) in [5.41, 5.74) is 17.5. The Labute approximate surface area is 372 Å². The lowest BCUT2D eigenvalue weighted by Gasteiger charge is -2.35. The Kier molecular flexibility index (Phi) is 8.98. The van der Waals surface area contributed by atoms with E-state index in [0.29, 0.717) is 0 Å². The van der Waals surface area contributed by atoms with Crippen LogP contribution in [0.5, 0.6) is 0 Å². The average molecular weight is 820 g/mol. The van der Waals surface area contributed by atoms with Crippen molar-refractivity contribution in [3.63, 3.8) is 0 Å². The molecule has 0 spiro atoms. The summed E-state index contributed by atoms with van der Waals surface area (Å²) < 4.78 is 2.58. The Hall–Kier alpha value is -7.78. The van der Waals surface area contributed by atoms with Crippen molar-refractivity contribution in [2.75, 3.05) is 4.90 Å². The van der Waals surface area contributed by atoms with E-state index in [1.165, 1.54) is 86.9 Å². The van der Waals surface area contributed by atoms with E-state index in [2.05, 4.69) is 254 Å². The summed E-state index contributed by atoms with van der Waals surface area (Å²) in [5.74, 6) is 0. The molecule has 1 aliphatic rings. The smallest absolute Gasteiger partial charge is 0.0714 e. The van der Waals surface area contributed by atoms with Gasteiger partial charge in [-0.15, -0.1) is 11.3 Å². The highest BCUT2D eigenvalue weighted by atomic mass is 32.1. The number of rotatable bonds is 8. The first-order valence-electron chi connectivity index (χ1n) is 21.7. The molecular weight excluding hydrogens is 779 g/mol. The summed E-state index contributed by atoms with van der Waals surface area (Å²) in [4.78, 5) is 2.56. The van der Waals surface area contributed by atoms with E-state index in [1.807, 2.05) is 11.3 Å². The maximum Gasteiger partial charge on any atom is 0.0714 e. The molecule has 0 bridgehead atoms. The molecule has 0 radical (unpaired) electrons. The first-order valence-corrected chi connectivity index (χ1v) is 22.5. The van der Waals surface area contributed by atoms with Crippen molar-refractivity contribution in [2.24, 2.45) is 0 Å². The zero-order valence-corrected chi connectivity index (χ0v) is 35.3. The Morgan fingerprint density at radius 2 is 0.841 bits per heavy atom. The molecule has 11 aromatic rings. The quantitative estimate of drug-likeness (QED) is 0.148. The van der Waals surface area contributed by atoms with Crippen molar-refractivity contribution >= 4 is 48.6 Å². The van der Waals surface area contributed by atoms with Crippen LogP contribution in [0.2, 0.25) is 0 Å². The van der Waals surface area contributed by atoms with Crippen LogP contribution in [0.3, 0.4) is 0 Å². The van der Waals surface area contributed by atoms with Gasteiger partial charge in [0.15, 0.2) is 0 Å². The highest BCUT2D eigenvalue weighted by Gasteiger charge is 2.47. The lowest BCUT2D eigenvalue weighted by atomic mass is 9.68. The van der Waals surface area contributed by atoms with Gasteiger partial charge in [-0.1, -0.05) is 212 Å². The molecule has 0 fully saturated rings. The van der Waals surface area contributed by atoms with Gasteiger partial charge in [-0.3, -0.25) is 0 Å². The van der Waals surface area contributed by atoms with Crippen molar-refractivity contribution in [1.29, 1.82) is 0 Å². The molecule has 63 heavy (non-hydrogen) atoms. The second-order valence-electron chi connectivity index (χ2n) is 16.3. The number of nitrogens with zero attached hydrogens (tertiary/aromatic N) is 1. The van der Waals surface area contributed by atoms with Crippen molar-refractivity contribution < 1.29 is 0 Å². The third-order valence-corrected chi connectivity index (χ3v) is 14.1. The molecule has 1 aliphatic carbocycles. The minimum atomic E-state index is -0.544. The molecule has 1 heterocycles. The lowest BCUT2D eigenvalue weighted by Crippen LogP contribution is -2.28. The standard InChI is InChI=1S/C61H41NS/c1-5-21-42(22-6-1)44-25-17-30-47(41-44)62(54-37-18-33-48(43-23-7-2-8-24-43)58(54)51-34-19-40-57-59(51)50-32-14-16-39-56(50)63-57)55-38-20-36-53-60(55)49-31-13-15-35-52(49)61(53,45-26-9-3-10-27-45)46-28-11-4-12-29-46/h1-41H. The maximum absolute atomic E-state index is 2.56. The Bertz CT molecular complexity index is 3400. The van der Waals surface area contributed by atoms with Crippen LogP contribution in [-0.4, -0.2) is 0 Å². The molecule has 0 unspecified atom stereocenters. The topological polar surface area (TPSA) is 3.24 Å². The van der Waals surface area contributed by atoms with Crippen molar-refractivity contribution in [3.8, 4) is 44.5 Å². The third-order valence-electron chi connectivity index (χ3n) is 13.0. The minimum Gasteiger partial charge on any atom is -0.309 e. The summed E-state index contributed by atoms with van der Waals surface area (Å²) in [6.45, 7) is 0. The number of anilines is 3. The molecule has 0 atom stereocenters. The molecule has 1 nitrogen and oxygen atoms in total. The second kappa shape index (κ2) is 15.3. The van der Waals surface area contributed by atoms with Crippen molar-refractivity contribution in [3.05, 3.63) is 271 Å². The van der Waals surface area contributed by atoms with Gasteiger partial charge in [-0.2, -0.15) is 0 Å². The fourth-order valence-corrected chi connectivity index (χ4v) is 11.5. The highest BCUT2D eigenvalue weighted by Crippen LogP contribution is 2.60. The van der Waals surface area contributed by atoms with Crippen LogP contribution in [0.1, 0.15) is 22.3 Å². The summed E-state index contributed by atoms with van der Waals surface area (Å²) in [5, 5.41) is 2.57. The first-order chi connectivity index (χ1) is 31.3. The van der Waals surface area contributed by atoms with Gasteiger partial charge in [-0.25, -0.2) is 0 Å². The van der Waals surface area contributed by atoms with Gasteiger partial charge in [0.05, 0.1) is 16.8 Å². The fraction of sp³-hybridized carbons (Fsp3) is 0.0164. The molecular formula is C61H41NS. The van der Waals surface area contributed by atoms with Crippen LogP contribution in [0.25, 0.3) is 64.7 Å². The van der Waals surface area contributed by atoms with E-state index in [1.54, 1.807) is 0 Å². The van der Waals surface area contributed by atoms with Crippen LogP contribution in [0.4, 0.5) is 17.1 Å². The molecule has 0 saturated heterocycles. The van der Waals surface area contributed by atoms with Gasteiger partial charge >= 0.3 is 0 Å². The van der Waals surface area contributed by atoms with E-state index in [-0.39, 0.29) is 0 Å². The highest BCUT2D eigenvalue weighted by molar-refractivity contribution is 7.25. The van der Waals surface area contributed by atoms with Gasteiger partial charge in [0, 0.05) is 37.0 Å². The first kappa shape index (κ1) is 37.0. The van der Waals surface area contributed by atoms with Crippen LogP contribution in [0, 0.1) is 0 Å². The summed E-state index contributed by atoms with van der Waals surface area (Å²) in [6.07, 6.45) is 0. The Morgan fingerprint density at radius 1 is 0.333 bits per heavy atom. The van der Waals surface area contributed by atoms with Crippen LogP contribution >= 0.6 is 11.3 Å². The van der Waals surface area contributed by atoms with Gasteiger partial charge in [0.2, 0.25) is 0 Å². The largest absolute Gasteiger partial charge is 0.309 e. The molecule has 0 N–H and O–H groups in total. The zero-order chi connectivity index (χ0) is 41.7. The van der Waals surface area contributed by atoms with E-state index >= 15 is 0 Å². The van der Waals surface area contributed by atoms with E-state index < -0.39 is 5.41 Å². The second-order valence-corrected chi connectivity index (χ2v) is 17.4. The van der Waals surface area contributed by atoms with Crippen LogP contribution < -0.4 is 4.90 Å². The molecule has 10 aromatic carbocycles. The van der Waals surface area contributed by atoms with Crippen LogP contribution in [0.15, 0.2) is 249 Å². The summed E-state index contributed by atoms with van der Waals surface area (Å²) in [6, 6.07) is 91.7. The van der Waals surface area contributed by atoms with Gasteiger partial charge < -0.3 is 4.90 Å². The van der Waals surface area contributed by atoms with E-state index in [9.17, 15) is 0 Å². The lowest BCUT2D eigenvalue weighted by molar-refractivity contribution is 0.768. The Morgan fingerprint density at radius 3 is 1.59 bits per heavy atom. The van der Waals surface area contributed by atoms with Gasteiger partial charge in [0.25, 0.3) is 0 Å². The SMILES string of the molecule is c1ccc(-c2cccc(N(c3cccc(-c4ccccc4)c3-c3cccc4sc5ccccc5c34)c3cccc4c3-c3ccccc3C4(c3ccccc3)c3ccccc3)c2)cc1. The van der Waals surface area contributed by atoms with Crippen molar-refractivity contribution in [2.45, 2.75) is 5.41 Å². The monoisotopic (exact) mass is 819 g/mol. The third kappa shape index (κ3) is 5.91. The van der Waals surface area contributed by atoms with Gasteiger partial charge in [0.1, 0.15) is 0 Å². The number of hydrogen-bond acceptors (Lipinski definition) is 2. The number of hydrogen-bond donors (Lipinski definition) is 0. The normalized spacial score (nSPS) is 12.6.